The summed E-state index contributed by atoms with van der Waals surface area (Å²) in [5.41, 5.74) is 3.66. The van der Waals surface area contributed by atoms with E-state index < -0.39 is 0 Å². The first-order chi connectivity index (χ1) is 14.5. The Bertz CT molecular complexity index is 826. The van der Waals surface area contributed by atoms with Gasteiger partial charge in [-0.25, -0.2) is 4.79 Å². The van der Waals surface area contributed by atoms with Crippen LogP contribution in [0.15, 0.2) is 59.6 Å². The van der Waals surface area contributed by atoms with Crippen molar-refractivity contribution >= 4 is 0 Å². The van der Waals surface area contributed by atoms with Crippen LogP contribution in [0.5, 0.6) is 5.75 Å². The molecular weight excluding hydrogens is 372 g/mol. The van der Waals surface area contributed by atoms with E-state index in [0.717, 1.165) is 50.8 Å². The molecule has 0 radical (unpaired) electrons. The van der Waals surface area contributed by atoms with Crippen molar-refractivity contribution in [2.24, 2.45) is 0 Å². The summed E-state index contributed by atoms with van der Waals surface area (Å²) in [7, 11) is 0. The predicted octanol–water partition coefficient (Wildman–Crippen LogP) is 6.27. The molecule has 2 rings (SSSR count). The Balaban J connectivity index is 0.000000804. The number of rotatable bonds is 11. The number of phenols is 1. The number of imidazole rings is 1. The third-order valence-electron chi connectivity index (χ3n) is 4.88. The molecule has 0 unspecified atom stereocenters. The number of hydrogen-bond acceptors (Lipinski definition) is 2. The van der Waals surface area contributed by atoms with Gasteiger partial charge >= 0.3 is 5.69 Å². The maximum Gasteiger partial charge on any atom is 0.328 e. The van der Waals surface area contributed by atoms with Crippen molar-refractivity contribution in [3.63, 3.8) is 0 Å². The smallest absolute Gasteiger partial charge is 0.328 e. The van der Waals surface area contributed by atoms with E-state index in [9.17, 15) is 9.90 Å². The summed E-state index contributed by atoms with van der Waals surface area (Å²) in [5, 5.41) is 9.35. The van der Waals surface area contributed by atoms with E-state index >= 15 is 0 Å². The van der Waals surface area contributed by atoms with Crippen molar-refractivity contribution in [1.82, 2.24) is 9.13 Å². The predicted molar refractivity (Wildman–Crippen MR) is 128 cm³/mol. The van der Waals surface area contributed by atoms with Crippen LogP contribution in [0.25, 0.3) is 0 Å². The van der Waals surface area contributed by atoms with Gasteiger partial charge in [-0.1, -0.05) is 57.0 Å². The average Bonchev–Trinajstić information content (AvgIpc) is 3.00. The quantitative estimate of drug-likeness (QED) is 0.442. The second kappa shape index (κ2) is 14.5. The third kappa shape index (κ3) is 8.89. The van der Waals surface area contributed by atoms with E-state index in [-0.39, 0.29) is 5.69 Å². The fourth-order valence-corrected chi connectivity index (χ4v) is 3.38. The molecule has 0 fully saturated rings. The number of aryl methyl sites for hydroxylation is 2. The zero-order valence-corrected chi connectivity index (χ0v) is 19.4. The number of allylic oxidation sites excluding steroid dienone is 3. The molecule has 0 aliphatic rings. The molecule has 2 aromatic rings. The highest BCUT2D eigenvalue weighted by Gasteiger charge is 2.11. The van der Waals surface area contributed by atoms with Crippen LogP contribution in [0.2, 0.25) is 0 Å². The van der Waals surface area contributed by atoms with Crippen molar-refractivity contribution in [2.75, 3.05) is 0 Å². The van der Waals surface area contributed by atoms with E-state index in [2.05, 4.69) is 40.3 Å². The summed E-state index contributed by atoms with van der Waals surface area (Å²) in [4.78, 5) is 12.7. The van der Waals surface area contributed by atoms with E-state index in [1.54, 1.807) is 12.1 Å². The fourth-order valence-electron chi connectivity index (χ4n) is 3.38. The molecule has 0 atom stereocenters. The number of aromatic nitrogens is 2. The Labute approximate surface area is 182 Å². The van der Waals surface area contributed by atoms with Crippen LogP contribution in [0.1, 0.15) is 71.1 Å². The number of nitrogens with zero attached hydrogens (tertiary/aromatic N) is 2. The topological polar surface area (TPSA) is 47.2 Å². The molecule has 0 saturated carbocycles. The summed E-state index contributed by atoms with van der Waals surface area (Å²) in [6, 6.07) is 7.36. The van der Waals surface area contributed by atoms with Crippen molar-refractivity contribution in [3.8, 4) is 5.75 Å². The number of phenolic OH excluding ortho intramolecular Hbond substituents is 1. The molecule has 1 aromatic heterocycles. The van der Waals surface area contributed by atoms with Gasteiger partial charge in [0, 0.05) is 25.0 Å². The molecule has 0 saturated heterocycles. The second-order valence-electron chi connectivity index (χ2n) is 7.74. The van der Waals surface area contributed by atoms with Gasteiger partial charge in [-0.05, 0) is 63.1 Å². The highest BCUT2D eigenvalue weighted by molar-refractivity contribution is 5.26. The van der Waals surface area contributed by atoms with Gasteiger partial charge in [0.25, 0.3) is 0 Å². The van der Waals surface area contributed by atoms with Gasteiger partial charge in [-0.15, -0.1) is 6.58 Å². The van der Waals surface area contributed by atoms with Crippen LogP contribution in [0, 0.1) is 0 Å². The van der Waals surface area contributed by atoms with Crippen molar-refractivity contribution < 1.29 is 5.11 Å². The summed E-state index contributed by atoms with van der Waals surface area (Å²) in [6.07, 6.45) is 13.3. The fraction of sp³-hybridized carbons (Fsp3) is 0.500. The number of hydrogen-bond donors (Lipinski definition) is 1. The van der Waals surface area contributed by atoms with Gasteiger partial charge < -0.3 is 5.11 Å². The first-order valence-electron chi connectivity index (χ1n) is 11.3. The van der Waals surface area contributed by atoms with Crippen LogP contribution < -0.4 is 5.69 Å². The Kier molecular flexibility index (Phi) is 12.3. The highest BCUT2D eigenvalue weighted by atomic mass is 16.3. The van der Waals surface area contributed by atoms with Gasteiger partial charge in [0.2, 0.25) is 0 Å². The van der Waals surface area contributed by atoms with Crippen LogP contribution in [-0.4, -0.2) is 14.2 Å². The van der Waals surface area contributed by atoms with E-state index in [1.807, 2.05) is 33.5 Å². The maximum atomic E-state index is 12.7. The molecule has 1 N–H and O–H groups in total. The van der Waals surface area contributed by atoms with Gasteiger partial charge in [-0.3, -0.25) is 9.13 Å². The molecule has 4 nitrogen and oxygen atoms in total. The van der Waals surface area contributed by atoms with Gasteiger partial charge in [-0.2, -0.15) is 0 Å². The molecule has 30 heavy (non-hydrogen) atoms. The van der Waals surface area contributed by atoms with Crippen LogP contribution in [-0.2, 0) is 25.9 Å². The highest BCUT2D eigenvalue weighted by Crippen LogP contribution is 2.13. The van der Waals surface area contributed by atoms with E-state index in [4.69, 9.17) is 0 Å². The number of unbranched alkanes of at least 4 members (excludes halogenated alkanes) is 1. The number of benzene rings is 1. The second-order valence-corrected chi connectivity index (χ2v) is 7.74. The largest absolute Gasteiger partial charge is 0.508 e. The van der Waals surface area contributed by atoms with Crippen molar-refractivity contribution in [3.05, 3.63) is 76.5 Å². The van der Waals surface area contributed by atoms with Gasteiger partial charge in [0.15, 0.2) is 0 Å². The first-order valence-corrected chi connectivity index (χ1v) is 11.3. The molecule has 1 heterocycles. The van der Waals surface area contributed by atoms with E-state index in [0.29, 0.717) is 12.3 Å². The van der Waals surface area contributed by atoms with E-state index in [1.165, 1.54) is 17.6 Å². The molecule has 0 aliphatic heterocycles. The Morgan fingerprint density at radius 2 is 1.80 bits per heavy atom. The van der Waals surface area contributed by atoms with Crippen molar-refractivity contribution in [1.29, 1.82) is 0 Å². The molecule has 0 aliphatic carbocycles. The lowest BCUT2D eigenvalue weighted by Gasteiger charge is -2.06. The van der Waals surface area contributed by atoms with Gasteiger partial charge in [0.1, 0.15) is 5.75 Å². The molecular formula is C26H40N2O2. The lowest BCUT2D eigenvalue weighted by Crippen LogP contribution is -2.25. The van der Waals surface area contributed by atoms with Crippen LogP contribution in [0.4, 0.5) is 0 Å². The third-order valence-corrected chi connectivity index (χ3v) is 4.88. The molecule has 0 amide bonds. The number of aromatic hydroxyl groups is 1. The van der Waals surface area contributed by atoms with Crippen LogP contribution in [0.3, 0.4) is 0 Å². The summed E-state index contributed by atoms with van der Waals surface area (Å²) in [5.74, 6) is 0.299. The zero-order chi connectivity index (χ0) is 22.4. The van der Waals surface area contributed by atoms with Gasteiger partial charge in [0.05, 0.1) is 0 Å². The lowest BCUT2D eigenvalue weighted by atomic mass is 10.1. The standard InChI is InChI=1S/C21H30N2O2.C5H10/c1-4-7-17(3)15-22-16-19(23(14-5-2)21(22)25)9-6-8-18-10-12-20(24)13-11-18;1-3-5-4-2/h7,10-13,16,24H,4-6,8-9,14-15H2,1-3H3;3H,1,4-5H2,2H3/b17-7+;. The SMILES string of the molecule is C=CCCC.CC/C=C(\C)Cn1cc(CCCc2ccc(O)cc2)n(CCC)c1=O. The first kappa shape index (κ1) is 25.5. The molecule has 166 valence electrons. The maximum absolute atomic E-state index is 12.7. The minimum atomic E-state index is 0.102. The minimum Gasteiger partial charge on any atom is -0.508 e. The molecule has 0 bridgehead atoms. The minimum absolute atomic E-state index is 0.102. The Hall–Kier alpha value is -2.49. The molecule has 1 aromatic carbocycles. The normalized spacial score (nSPS) is 11.1. The Morgan fingerprint density at radius 3 is 2.33 bits per heavy atom. The Morgan fingerprint density at radius 1 is 1.10 bits per heavy atom. The average molecular weight is 413 g/mol. The molecule has 4 heteroatoms. The summed E-state index contributed by atoms with van der Waals surface area (Å²) >= 11 is 0. The summed E-state index contributed by atoms with van der Waals surface area (Å²) < 4.78 is 3.77. The monoisotopic (exact) mass is 412 g/mol. The van der Waals surface area contributed by atoms with Crippen LogP contribution >= 0.6 is 0 Å². The molecule has 0 spiro atoms. The lowest BCUT2D eigenvalue weighted by molar-refractivity contribution is 0.475. The zero-order valence-electron chi connectivity index (χ0n) is 19.4. The summed E-state index contributed by atoms with van der Waals surface area (Å²) in [6.45, 7) is 13.4. The van der Waals surface area contributed by atoms with Crippen molar-refractivity contribution in [2.45, 2.75) is 85.7 Å².